The molecular weight excluding hydrogens is 354 g/mol. The van der Waals surface area contributed by atoms with E-state index in [1.807, 2.05) is 37.3 Å². The first-order valence-corrected chi connectivity index (χ1v) is 8.71. The fourth-order valence-corrected chi connectivity index (χ4v) is 3.17. The lowest BCUT2D eigenvalue weighted by Crippen LogP contribution is -2.13. The average molecular weight is 373 g/mol. The number of terminal acetylenes is 1. The van der Waals surface area contributed by atoms with Crippen LogP contribution in [0.15, 0.2) is 42.5 Å². The van der Waals surface area contributed by atoms with Crippen molar-refractivity contribution in [2.75, 3.05) is 19.0 Å². The summed E-state index contributed by atoms with van der Waals surface area (Å²) in [6.07, 6.45) is 4.45. The molecule has 0 fully saturated rings. The Morgan fingerprint density at radius 2 is 2.00 bits per heavy atom. The van der Waals surface area contributed by atoms with Gasteiger partial charge in [-0.05, 0) is 36.8 Å². The van der Waals surface area contributed by atoms with Gasteiger partial charge in [-0.25, -0.2) is 4.79 Å². The number of carbonyl (C=O) groups excluding carboxylic acids is 1. The maximum absolute atomic E-state index is 11.6. The molecule has 0 aliphatic rings. The summed E-state index contributed by atoms with van der Waals surface area (Å²) >= 11 is 0. The molecule has 140 valence electrons. The van der Waals surface area contributed by atoms with Crippen LogP contribution in [0.5, 0.6) is 5.75 Å². The fraction of sp³-hybridized carbons (Fsp3) is 0.182. The molecule has 0 aliphatic heterocycles. The maximum atomic E-state index is 11.6. The molecular formula is C22H19N3O3. The molecule has 0 radical (unpaired) electrons. The first kappa shape index (κ1) is 18.9. The van der Waals surface area contributed by atoms with E-state index in [4.69, 9.17) is 15.9 Å². The third kappa shape index (κ3) is 3.49. The van der Waals surface area contributed by atoms with E-state index in [1.165, 1.54) is 0 Å². The van der Waals surface area contributed by atoms with E-state index >= 15 is 0 Å². The van der Waals surface area contributed by atoms with Crippen molar-refractivity contribution in [2.24, 2.45) is 0 Å². The van der Waals surface area contributed by atoms with E-state index < -0.39 is 6.09 Å². The third-order valence-electron chi connectivity index (χ3n) is 4.39. The number of fused-ring (bicyclic) bond motifs is 1. The van der Waals surface area contributed by atoms with Gasteiger partial charge >= 0.3 is 6.09 Å². The fourth-order valence-electron chi connectivity index (χ4n) is 3.17. The molecule has 6 nitrogen and oxygen atoms in total. The van der Waals surface area contributed by atoms with Crippen molar-refractivity contribution in [3.63, 3.8) is 0 Å². The molecule has 0 bridgehead atoms. The van der Waals surface area contributed by atoms with E-state index in [2.05, 4.69) is 21.9 Å². The van der Waals surface area contributed by atoms with Gasteiger partial charge in [-0.2, -0.15) is 5.26 Å². The molecule has 0 atom stereocenters. The van der Waals surface area contributed by atoms with E-state index in [0.29, 0.717) is 17.8 Å². The number of carbonyl (C=O) groups is 1. The summed E-state index contributed by atoms with van der Waals surface area (Å²) < 4.78 is 12.2. The number of aryl methyl sites for hydroxylation is 1. The minimum absolute atomic E-state index is 0.0878. The Bertz CT molecular complexity index is 1100. The standard InChI is InChI=1S/C22H19N3O3/c1-4-12-28-22(26)24-16-8-6-15(7-9-16)21-19(14-23)18-11-10-17(27-3)13-20(18)25(21)5-2/h1,6-11,13H,5,12H2,2-3H3,(H,24,26). The number of nitrogens with one attached hydrogen (secondary N) is 1. The van der Waals surface area contributed by atoms with Gasteiger partial charge in [-0.3, -0.25) is 5.32 Å². The summed E-state index contributed by atoms with van der Waals surface area (Å²) in [5.74, 6) is 2.97. The van der Waals surface area contributed by atoms with Crippen LogP contribution in [-0.2, 0) is 11.3 Å². The van der Waals surface area contributed by atoms with Crippen LogP contribution in [-0.4, -0.2) is 24.4 Å². The van der Waals surface area contributed by atoms with Crippen molar-refractivity contribution < 1.29 is 14.3 Å². The molecule has 1 aromatic heterocycles. The Balaban J connectivity index is 2.02. The summed E-state index contributed by atoms with van der Waals surface area (Å²) in [4.78, 5) is 11.6. The number of hydrogen-bond donors (Lipinski definition) is 1. The molecule has 3 rings (SSSR count). The Morgan fingerprint density at radius 1 is 1.25 bits per heavy atom. The highest BCUT2D eigenvalue weighted by molar-refractivity contribution is 5.95. The lowest BCUT2D eigenvalue weighted by atomic mass is 10.1. The molecule has 0 spiro atoms. The van der Waals surface area contributed by atoms with E-state index in [1.54, 1.807) is 19.2 Å². The van der Waals surface area contributed by atoms with Crippen LogP contribution in [0, 0.1) is 23.7 Å². The highest BCUT2D eigenvalue weighted by Crippen LogP contribution is 2.35. The van der Waals surface area contributed by atoms with Gasteiger partial charge in [0.15, 0.2) is 6.61 Å². The predicted molar refractivity (Wildman–Crippen MR) is 108 cm³/mol. The van der Waals surface area contributed by atoms with Gasteiger partial charge in [0.25, 0.3) is 0 Å². The van der Waals surface area contributed by atoms with Crippen LogP contribution in [0.4, 0.5) is 10.5 Å². The molecule has 2 aromatic carbocycles. The second-order valence-electron chi connectivity index (χ2n) is 5.95. The van der Waals surface area contributed by atoms with Crippen molar-refractivity contribution in [1.82, 2.24) is 4.57 Å². The number of amides is 1. The Labute approximate surface area is 163 Å². The van der Waals surface area contributed by atoms with E-state index in [9.17, 15) is 10.1 Å². The second-order valence-corrected chi connectivity index (χ2v) is 5.95. The number of methoxy groups -OCH3 is 1. The molecule has 0 unspecified atom stereocenters. The number of ether oxygens (including phenoxy) is 2. The number of aromatic nitrogens is 1. The highest BCUT2D eigenvalue weighted by Gasteiger charge is 2.18. The third-order valence-corrected chi connectivity index (χ3v) is 4.39. The number of nitrogens with zero attached hydrogens (tertiary/aromatic N) is 2. The average Bonchev–Trinajstić information content (AvgIpc) is 3.05. The first-order valence-electron chi connectivity index (χ1n) is 8.71. The van der Waals surface area contributed by atoms with E-state index in [-0.39, 0.29) is 6.61 Å². The molecule has 1 amide bonds. The van der Waals surface area contributed by atoms with Gasteiger partial charge in [0.1, 0.15) is 11.8 Å². The molecule has 0 aliphatic carbocycles. The molecule has 1 N–H and O–H groups in total. The zero-order valence-electron chi connectivity index (χ0n) is 15.7. The molecule has 1 heterocycles. The van der Waals surface area contributed by atoms with Crippen LogP contribution in [0.2, 0.25) is 0 Å². The van der Waals surface area contributed by atoms with Crippen LogP contribution in [0.3, 0.4) is 0 Å². The van der Waals surface area contributed by atoms with Gasteiger partial charge in [0.05, 0.1) is 23.9 Å². The maximum Gasteiger partial charge on any atom is 0.412 e. The first-order chi connectivity index (χ1) is 13.6. The molecule has 6 heteroatoms. The largest absolute Gasteiger partial charge is 0.497 e. The monoisotopic (exact) mass is 373 g/mol. The molecule has 0 saturated carbocycles. The van der Waals surface area contributed by atoms with Gasteiger partial charge < -0.3 is 14.0 Å². The number of nitriles is 1. The highest BCUT2D eigenvalue weighted by atomic mass is 16.5. The van der Waals surface area contributed by atoms with Crippen molar-refractivity contribution in [1.29, 1.82) is 5.26 Å². The summed E-state index contributed by atoms with van der Waals surface area (Å²) in [6.45, 7) is 2.63. The van der Waals surface area contributed by atoms with Crippen molar-refractivity contribution in [3.8, 4) is 35.4 Å². The minimum Gasteiger partial charge on any atom is -0.497 e. The van der Waals surface area contributed by atoms with Crippen LogP contribution >= 0.6 is 0 Å². The zero-order chi connectivity index (χ0) is 20.1. The Kier molecular flexibility index (Phi) is 5.53. The van der Waals surface area contributed by atoms with Crippen LogP contribution in [0.25, 0.3) is 22.2 Å². The van der Waals surface area contributed by atoms with E-state index in [0.717, 1.165) is 27.9 Å². The summed E-state index contributed by atoms with van der Waals surface area (Å²) in [6, 6.07) is 15.2. The number of benzene rings is 2. The van der Waals surface area contributed by atoms with Gasteiger partial charge in [-0.15, -0.1) is 6.42 Å². The topological polar surface area (TPSA) is 76.3 Å². The zero-order valence-corrected chi connectivity index (χ0v) is 15.7. The second kappa shape index (κ2) is 8.20. The van der Waals surface area contributed by atoms with Crippen LogP contribution < -0.4 is 10.1 Å². The summed E-state index contributed by atoms with van der Waals surface area (Å²) in [5.41, 5.74) is 3.82. The SMILES string of the molecule is C#CCOC(=O)Nc1ccc(-c2c(C#N)c3ccc(OC)cc3n2CC)cc1. The van der Waals surface area contributed by atoms with Crippen molar-refractivity contribution in [3.05, 3.63) is 48.0 Å². The predicted octanol–water partition coefficient (Wildman–Crippen LogP) is 4.39. The smallest absolute Gasteiger partial charge is 0.412 e. The number of rotatable bonds is 5. The lowest BCUT2D eigenvalue weighted by molar-refractivity contribution is 0.176. The van der Waals surface area contributed by atoms with Gasteiger partial charge in [0.2, 0.25) is 0 Å². The Hall–Kier alpha value is -3.90. The quantitative estimate of drug-likeness (QED) is 0.673. The number of anilines is 1. The molecule has 0 saturated heterocycles. The molecule has 28 heavy (non-hydrogen) atoms. The van der Waals surface area contributed by atoms with Gasteiger partial charge in [0, 0.05) is 23.7 Å². The van der Waals surface area contributed by atoms with Gasteiger partial charge in [-0.1, -0.05) is 18.1 Å². The normalized spacial score (nSPS) is 10.1. The lowest BCUT2D eigenvalue weighted by Gasteiger charge is -2.10. The van der Waals surface area contributed by atoms with Crippen molar-refractivity contribution in [2.45, 2.75) is 13.5 Å². The minimum atomic E-state index is -0.613. The summed E-state index contributed by atoms with van der Waals surface area (Å²) in [7, 11) is 1.62. The molecule has 3 aromatic rings. The van der Waals surface area contributed by atoms with Crippen molar-refractivity contribution >= 4 is 22.7 Å². The summed E-state index contributed by atoms with van der Waals surface area (Å²) in [5, 5.41) is 13.3. The Morgan fingerprint density at radius 3 is 2.61 bits per heavy atom. The number of hydrogen-bond acceptors (Lipinski definition) is 4. The van der Waals surface area contributed by atoms with Crippen LogP contribution in [0.1, 0.15) is 12.5 Å².